The van der Waals surface area contributed by atoms with Gasteiger partial charge < -0.3 is 19.5 Å². The van der Waals surface area contributed by atoms with Crippen LogP contribution in [-0.4, -0.2) is 35.3 Å². The molecule has 1 aromatic carbocycles. The van der Waals surface area contributed by atoms with Crippen LogP contribution in [-0.2, 0) is 27.5 Å². The fourth-order valence-electron chi connectivity index (χ4n) is 4.17. The van der Waals surface area contributed by atoms with Gasteiger partial charge in [-0.2, -0.15) is 0 Å². The van der Waals surface area contributed by atoms with Crippen LogP contribution in [0.3, 0.4) is 0 Å². The fourth-order valence-corrected chi connectivity index (χ4v) is 4.17. The molecule has 4 rings (SSSR count). The molecule has 2 atom stereocenters. The van der Waals surface area contributed by atoms with Crippen molar-refractivity contribution in [1.29, 1.82) is 0 Å². The summed E-state index contributed by atoms with van der Waals surface area (Å²) < 4.78 is 12.0. The predicted octanol–water partition coefficient (Wildman–Crippen LogP) is 3.36. The van der Waals surface area contributed by atoms with E-state index in [-0.39, 0.29) is 18.8 Å². The molecule has 0 unspecified atom stereocenters. The molecule has 5 heteroatoms. The van der Waals surface area contributed by atoms with Crippen molar-refractivity contribution in [3.05, 3.63) is 47.2 Å². The van der Waals surface area contributed by atoms with Crippen molar-refractivity contribution in [1.82, 2.24) is 4.90 Å². The Morgan fingerprint density at radius 1 is 1.11 bits per heavy atom. The molecule has 2 heterocycles. The van der Waals surface area contributed by atoms with E-state index in [0.29, 0.717) is 24.2 Å². The minimum Gasteiger partial charge on any atom is -0.459 e. The molecule has 5 nitrogen and oxygen atoms in total. The van der Waals surface area contributed by atoms with Gasteiger partial charge in [0.15, 0.2) is 5.76 Å². The molecule has 27 heavy (non-hydrogen) atoms. The van der Waals surface area contributed by atoms with E-state index in [9.17, 15) is 4.79 Å². The Bertz CT molecular complexity index is 674. The summed E-state index contributed by atoms with van der Waals surface area (Å²) in [5.41, 5.74) is 1.93. The van der Waals surface area contributed by atoms with Gasteiger partial charge in [-0.3, -0.25) is 4.79 Å². The lowest BCUT2D eigenvalue weighted by atomic mass is 9.77. The second-order valence-corrected chi connectivity index (χ2v) is 7.95. The lowest BCUT2D eigenvalue weighted by molar-refractivity contribution is -0.158. The third kappa shape index (κ3) is 4.71. The molecular weight excluding hydrogens is 342 g/mol. The highest BCUT2D eigenvalue weighted by Gasteiger charge is 2.36. The van der Waals surface area contributed by atoms with Crippen molar-refractivity contribution in [2.45, 2.75) is 58.0 Å². The summed E-state index contributed by atoms with van der Waals surface area (Å²) in [6, 6.07) is 7.73. The van der Waals surface area contributed by atoms with E-state index < -0.39 is 0 Å². The molecule has 146 valence electrons. The molecule has 3 aliphatic rings. The summed E-state index contributed by atoms with van der Waals surface area (Å²) in [5, 5.41) is 9.15. The van der Waals surface area contributed by atoms with E-state index in [4.69, 9.17) is 14.6 Å². The van der Waals surface area contributed by atoms with Gasteiger partial charge in [-0.15, -0.1) is 0 Å². The molecule has 0 bridgehead atoms. The first-order valence-electron chi connectivity index (χ1n) is 10.2. The summed E-state index contributed by atoms with van der Waals surface area (Å²) in [6.07, 6.45) is 8.89. The smallest absolute Gasteiger partial charge is 0.288 e. The zero-order valence-corrected chi connectivity index (χ0v) is 15.8. The normalized spacial score (nSPS) is 25.7. The molecule has 2 aliphatic heterocycles. The molecule has 1 aliphatic carbocycles. The predicted molar refractivity (Wildman–Crippen MR) is 101 cm³/mol. The molecule has 1 saturated heterocycles. The van der Waals surface area contributed by atoms with E-state index in [1.165, 1.54) is 32.1 Å². The highest BCUT2D eigenvalue weighted by atomic mass is 16.7. The lowest BCUT2D eigenvalue weighted by Gasteiger charge is -2.35. The number of carbonyl (C=O) groups is 1. The van der Waals surface area contributed by atoms with Crippen molar-refractivity contribution in [2.75, 3.05) is 13.1 Å². The van der Waals surface area contributed by atoms with E-state index in [1.807, 2.05) is 24.3 Å². The number of aliphatic hydroxyl groups is 1. The number of rotatable bonds is 6. The number of aliphatic hydroxyl groups excluding tert-OH is 1. The van der Waals surface area contributed by atoms with Crippen molar-refractivity contribution in [3.8, 4) is 0 Å². The minimum atomic E-state index is -0.377. The summed E-state index contributed by atoms with van der Waals surface area (Å²) in [5.74, 6) is 1.49. The highest BCUT2D eigenvalue weighted by molar-refractivity contribution is 5.93. The Balaban J connectivity index is 1.41. The number of nitrogens with zero attached hydrogens (tertiary/aromatic N) is 1. The topological polar surface area (TPSA) is 58.8 Å². The maximum absolute atomic E-state index is 12.5. The molecular formula is C22H29NO4. The lowest BCUT2D eigenvalue weighted by Crippen LogP contribution is -2.33. The van der Waals surface area contributed by atoms with Crippen LogP contribution in [0.25, 0.3) is 0 Å². The van der Waals surface area contributed by atoms with Gasteiger partial charge in [0.2, 0.25) is 6.29 Å². The molecule has 0 spiro atoms. The monoisotopic (exact) mass is 371 g/mol. The molecule has 0 aromatic heterocycles. The first kappa shape index (κ1) is 18.5. The highest BCUT2D eigenvalue weighted by Crippen LogP contribution is 2.37. The number of benzene rings is 1. The summed E-state index contributed by atoms with van der Waals surface area (Å²) in [4.78, 5) is 14.3. The average molecular weight is 371 g/mol. The Labute approximate surface area is 161 Å². The quantitative estimate of drug-likeness (QED) is 0.779. The first-order chi connectivity index (χ1) is 13.2. The van der Waals surface area contributed by atoms with Gasteiger partial charge in [0.1, 0.15) is 0 Å². The summed E-state index contributed by atoms with van der Waals surface area (Å²) in [7, 11) is 0. The van der Waals surface area contributed by atoms with Crippen LogP contribution in [0.1, 0.15) is 49.7 Å². The van der Waals surface area contributed by atoms with E-state index in [2.05, 4.69) is 6.08 Å². The van der Waals surface area contributed by atoms with Crippen LogP contribution in [0.15, 0.2) is 36.1 Å². The number of ether oxygens (including phenoxy) is 2. The Morgan fingerprint density at radius 2 is 1.81 bits per heavy atom. The maximum Gasteiger partial charge on any atom is 0.288 e. The maximum atomic E-state index is 12.5. The standard InChI is InChI=1S/C22H29NO4/c24-14-16-6-8-17(9-7-16)15-26-21-13-19(18-4-2-1-3-5-18)12-20(27-21)22(25)23-10-11-23/h6-9,12,18-19,21,24H,1-5,10-11,13-15H2/t19-,21+/m1/s1. The number of allylic oxidation sites excluding steroid dienone is 1. The molecule has 2 fully saturated rings. The molecule has 1 aromatic rings. The fraction of sp³-hybridized carbons (Fsp3) is 0.591. The van der Waals surface area contributed by atoms with Crippen LogP contribution in [0.4, 0.5) is 0 Å². The van der Waals surface area contributed by atoms with Crippen LogP contribution < -0.4 is 0 Å². The number of hydrogen-bond donors (Lipinski definition) is 1. The zero-order valence-electron chi connectivity index (χ0n) is 15.8. The number of amides is 1. The average Bonchev–Trinajstić information content (AvgIpc) is 3.58. The zero-order chi connectivity index (χ0) is 18.6. The van der Waals surface area contributed by atoms with Crippen molar-refractivity contribution < 1.29 is 19.4 Å². The van der Waals surface area contributed by atoms with Crippen LogP contribution in [0.5, 0.6) is 0 Å². The van der Waals surface area contributed by atoms with Crippen LogP contribution >= 0.6 is 0 Å². The van der Waals surface area contributed by atoms with E-state index >= 15 is 0 Å². The van der Waals surface area contributed by atoms with Gasteiger partial charge in [-0.05, 0) is 41.9 Å². The number of carbonyl (C=O) groups excluding carboxylic acids is 1. The van der Waals surface area contributed by atoms with Crippen LogP contribution in [0.2, 0.25) is 0 Å². The van der Waals surface area contributed by atoms with Gasteiger partial charge in [0, 0.05) is 19.5 Å². The third-order valence-electron chi connectivity index (χ3n) is 5.93. The largest absolute Gasteiger partial charge is 0.459 e. The second kappa shape index (κ2) is 8.44. The Morgan fingerprint density at radius 3 is 2.48 bits per heavy atom. The van der Waals surface area contributed by atoms with Crippen LogP contribution in [0, 0.1) is 11.8 Å². The molecule has 1 N–H and O–H groups in total. The van der Waals surface area contributed by atoms with Crippen molar-refractivity contribution in [2.24, 2.45) is 11.8 Å². The molecule has 1 saturated carbocycles. The molecule has 1 amide bonds. The second-order valence-electron chi connectivity index (χ2n) is 7.95. The molecule has 0 radical (unpaired) electrons. The minimum absolute atomic E-state index is 0.0106. The van der Waals surface area contributed by atoms with E-state index in [1.54, 1.807) is 4.90 Å². The van der Waals surface area contributed by atoms with Gasteiger partial charge in [0.05, 0.1) is 13.2 Å². The van der Waals surface area contributed by atoms with Crippen molar-refractivity contribution in [3.63, 3.8) is 0 Å². The third-order valence-corrected chi connectivity index (χ3v) is 5.93. The van der Waals surface area contributed by atoms with E-state index in [0.717, 1.165) is 30.6 Å². The summed E-state index contributed by atoms with van der Waals surface area (Å²) in [6.45, 7) is 2.15. The first-order valence-corrected chi connectivity index (χ1v) is 10.2. The number of hydrogen-bond acceptors (Lipinski definition) is 4. The van der Waals surface area contributed by atoms with Gasteiger partial charge in [-0.1, -0.05) is 43.5 Å². The van der Waals surface area contributed by atoms with Gasteiger partial charge >= 0.3 is 0 Å². The SMILES string of the molecule is O=C(C1=C[C@@H](C2CCCCC2)C[C@@H](OCc2ccc(CO)cc2)O1)N1CC1. The van der Waals surface area contributed by atoms with Gasteiger partial charge in [-0.25, -0.2) is 0 Å². The van der Waals surface area contributed by atoms with Gasteiger partial charge in [0.25, 0.3) is 5.91 Å². The summed E-state index contributed by atoms with van der Waals surface area (Å²) >= 11 is 0. The Kier molecular flexibility index (Phi) is 5.79. The van der Waals surface area contributed by atoms with Crippen molar-refractivity contribution >= 4 is 5.91 Å². The Hall–Kier alpha value is -1.85.